The molecule has 2 rings (SSSR count). The smallest absolute Gasteiger partial charge is 0.410 e. The summed E-state index contributed by atoms with van der Waals surface area (Å²) in [6.07, 6.45) is 1.39. The van der Waals surface area contributed by atoms with Crippen LogP contribution in [-0.2, 0) is 15.5 Å². The van der Waals surface area contributed by atoms with Crippen molar-refractivity contribution in [2.75, 3.05) is 12.3 Å². The van der Waals surface area contributed by atoms with E-state index in [4.69, 9.17) is 4.74 Å². The lowest BCUT2D eigenvalue weighted by atomic mass is 10.2. The van der Waals surface area contributed by atoms with Gasteiger partial charge in [0.25, 0.3) is 0 Å². The number of ether oxygens (including phenoxy) is 1. The maximum atomic E-state index is 12.6. The molecule has 0 aliphatic carbocycles. The first-order chi connectivity index (χ1) is 10.7. The van der Waals surface area contributed by atoms with E-state index in [9.17, 15) is 9.00 Å². The molecule has 7 heteroatoms. The first-order valence-corrected chi connectivity index (χ1v) is 9.18. The van der Waals surface area contributed by atoms with Crippen molar-refractivity contribution in [2.24, 2.45) is 0 Å². The normalized spacial score (nSPS) is 19.7. The first-order valence-electron chi connectivity index (χ1n) is 7.86. The number of hydrogen-bond donors (Lipinski definition) is 0. The van der Waals surface area contributed by atoms with Crippen LogP contribution in [0.3, 0.4) is 0 Å². The highest BCUT2D eigenvalue weighted by molar-refractivity contribution is 7.84. The number of aromatic nitrogens is 2. The predicted octanol–water partition coefficient (Wildman–Crippen LogP) is 2.60. The molecule has 2 heterocycles. The number of aryl methyl sites for hydroxylation is 2. The van der Waals surface area contributed by atoms with Crippen LogP contribution in [0.5, 0.6) is 0 Å². The highest BCUT2D eigenvalue weighted by Crippen LogP contribution is 2.22. The zero-order valence-corrected chi connectivity index (χ0v) is 15.3. The molecule has 6 nitrogen and oxygen atoms in total. The summed E-state index contributed by atoms with van der Waals surface area (Å²) in [5, 5.41) is 0.346. The van der Waals surface area contributed by atoms with E-state index in [1.165, 1.54) is 0 Å². The van der Waals surface area contributed by atoms with Crippen LogP contribution < -0.4 is 0 Å². The summed E-state index contributed by atoms with van der Waals surface area (Å²) in [4.78, 5) is 22.5. The second-order valence-corrected chi connectivity index (χ2v) is 8.30. The first kappa shape index (κ1) is 17.8. The minimum atomic E-state index is -1.33. The van der Waals surface area contributed by atoms with Gasteiger partial charge in [0.05, 0.1) is 16.6 Å². The summed E-state index contributed by atoms with van der Waals surface area (Å²) in [5.74, 6) is 0.349. The second-order valence-electron chi connectivity index (χ2n) is 6.92. The molecule has 1 aliphatic rings. The number of hydrogen-bond acceptors (Lipinski definition) is 5. The summed E-state index contributed by atoms with van der Waals surface area (Å²) in [5.41, 5.74) is 1.08. The highest BCUT2D eigenvalue weighted by atomic mass is 32.2. The van der Waals surface area contributed by atoms with Crippen LogP contribution in [0.4, 0.5) is 4.79 Å². The average molecular weight is 339 g/mol. The molecule has 128 valence electrons. The van der Waals surface area contributed by atoms with Gasteiger partial charge in [0.2, 0.25) is 5.16 Å². The molecular formula is C16H25N3O3S. The van der Waals surface area contributed by atoms with Crippen LogP contribution >= 0.6 is 0 Å². The minimum Gasteiger partial charge on any atom is -0.444 e. The third-order valence-corrected chi connectivity index (χ3v) is 4.79. The van der Waals surface area contributed by atoms with Crippen LogP contribution in [0.25, 0.3) is 0 Å². The number of nitrogens with zero attached hydrogens (tertiary/aromatic N) is 3. The summed E-state index contributed by atoms with van der Waals surface area (Å²) in [6, 6.07) is 1.76. The summed E-state index contributed by atoms with van der Waals surface area (Å²) < 4.78 is 18.0. The fraction of sp³-hybridized carbons (Fsp3) is 0.688. The third kappa shape index (κ3) is 4.99. The number of amides is 1. The maximum Gasteiger partial charge on any atom is 0.410 e. The van der Waals surface area contributed by atoms with Crippen LogP contribution in [0, 0.1) is 13.8 Å². The van der Waals surface area contributed by atoms with Crippen LogP contribution in [-0.4, -0.2) is 49.1 Å². The molecule has 1 aliphatic heterocycles. The SMILES string of the molecule is Cc1cc(C)nc([S@](=O)C[C@H]2CCCN2C(=O)OC(C)(C)C)n1. The quantitative estimate of drug-likeness (QED) is 0.792. The van der Waals surface area contributed by atoms with Gasteiger partial charge in [-0.1, -0.05) is 0 Å². The summed E-state index contributed by atoms with van der Waals surface area (Å²) >= 11 is 0. The lowest BCUT2D eigenvalue weighted by Gasteiger charge is -2.28. The van der Waals surface area contributed by atoms with E-state index in [1.54, 1.807) is 4.90 Å². The van der Waals surface area contributed by atoms with Gasteiger partial charge in [0, 0.05) is 24.0 Å². The van der Waals surface area contributed by atoms with Crippen molar-refractivity contribution in [1.82, 2.24) is 14.9 Å². The van der Waals surface area contributed by atoms with Gasteiger partial charge in [-0.25, -0.2) is 14.8 Å². The number of carbonyl (C=O) groups excluding carboxylic acids is 1. The molecule has 23 heavy (non-hydrogen) atoms. The second kappa shape index (κ2) is 6.95. The van der Waals surface area contributed by atoms with Crippen LogP contribution in [0.2, 0.25) is 0 Å². The van der Waals surface area contributed by atoms with E-state index in [2.05, 4.69) is 9.97 Å². The molecule has 1 aromatic heterocycles. The van der Waals surface area contributed by atoms with Gasteiger partial charge in [-0.15, -0.1) is 0 Å². The molecule has 1 saturated heterocycles. The molecule has 0 spiro atoms. The van der Waals surface area contributed by atoms with Gasteiger partial charge in [0.15, 0.2) is 0 Å². The van der Waals surface area contributed by atoms with E-state index in [0.29, 0.717) is 17.5 Å². The molecule has 1 aromatic rings. The summed E-state index contributed by atoms with van der Waals surface area (Å²) in [6.45, 7) is 9.90. The molecular weight excluding hydrogens is 314 g/mol. The fourth-order valence-electron chi connectivity index (χ4n) is 2.61. The van der Waals surface area contributed by atoms with Gasteiger partial charge in [-0.3, -0.25) is 4.21 Å². The van der Waals surface area contributed by atoms with Gasteiger partial charge >= 0.3 is 6.09 Å². The van der Waals surface area contributed by atoms with Gasteiger partial charge < -0.3 is 9.64 Å². The molecule has 0 N–H and O–H groups in total. The Hall–Kier alpha value is -1.50. The van der Waals surface area contributed by atoms with E-state index < -0.39 is 16.4 Å². The van der Waals surface area contributed by atoms with Crippen molar-refractivity contribution >= 4 is 16.9 Å². The molecule has 0 saturated carbocycles. The van der Waals surface area contributed by atoms with Crippen molar-refractivity contribution in [3.63, 3.8) is 0 Å². The van der Waals surface area contributed by atoms with Crippen molar-refractivity contribution in [3.8, 4) is 0 Å². The molecule has 1 amide bonds. The lowest BCUT2D eigenvalue weighted by Crippen LogP contribution is -2.42. The molecule has 2 atom stereocenters. The van der Waals surface area contributed by atoms with Crippen molar-refractivity contribution in [2.45, 2.75) is 64.3 Å². The predicted molar refractivity (Wildman–Crippen MR) is 88.7 cm³/mol. The molecule has 0 aromatic carbocycles. The van der Waals surface area contributed by atoms with Crippen molar-refractivity contribution < 1.29 is 13.7 Å². The van der Waals surface area contributed by atoms with Crippen molar-refractivity contribution in [1.29, 1.82) is 0 Å². The number of likely N-dealkylation sites (tertiary alicyclic amines) is 1. The minimum absolute atomic E-state index is 0.0879. The van der Waals surface area contributed by atoms with E-state index in [-0.39, 0.29) is 12.1 Å². The molecule has 1 fully saturated rings. The zero-order chi connectivity index (χ0) is 17.2. The van der Waals surface area contributed by atoms with E-state index in [1.807, 2.05) is 40.7 Å². The van der Waals surface area contributed by atoms with E-state index in [0.717, 1.165) is 24.2 Å². The summed E-state index contributed by atoms with van der Waals surface area (Å²) in [7, 11) is -1.33. The third-order valence-electron chi connectivity index (χ3n) is 3.51. The monoisotopic (exact) mass is 339 g/mol. The standard InChI is InChI=1S/C16H25N3O3S/c1-11-9-12(2)18-14(17-11)23(21)10-13-7-6-8-19(13)15(20)22-16(3,4)5/h9,13H,6-8,10H2,1-5H3/t13-,23-/m1/s1. The van der Waals surface area contributed by atoms with E-state index >= 15 is 0 Å². The van der Waals surface area contributed by atoms with Crippen molar-refractivity contribution in [3.05, 3.63) is 17.5 Å². The fourth-order valence-corrected chi connectivity index (χ4v) is 3.95. The number of carbonyl (C=O) groups is 1. The van der Waals surface area contributed by atoms with Gasteiger partial charge in [0.1, 0.15) is 5.60 Å². The highest BCUT2D eigenvalue weighted by Gasteiger charge is 2.33. The Morgan fingerprint density at radius 3 is 2.52 bits per heavy atom. The molecule has 0 unspecified atom stereocenters. The Labute approximate surface area is 140 Å². The Morgan fingerprint density at radius 1 is 1.35 bits per heavy atom. The Balaban J connectivity index is 2.06. The Kier molecular flexibility index (Phi) is 5.39. The Bertz CT molecular complexity index is 593. The molecule has 0 bridgehead atoms. The number of rotatable bonds is 3. The zero-order valence-electron chi connectivity index (χ0n) is 14.5. The topological polar surface area (TPSA) is 72.4 Å². The van der Waals surface area contributed by atoms with Gasteiger partial charge in [-0.2, -0.15) is 0 Å². The lowest BCUT2D eigenvalue weighted by molar-refractivity contribution is 0.0241. The largest absolute Gasteiger partial charge is 0.444 e. The molecule has 0 radical (unpaired) electrons. The average Bonchev–Trinajstić information content (AvgIpc) is 2.83. The van der Waals surface area contributed by atoms with Crippen LogP contribution in [0.1, 0.15) is 45.0 Å². The Morgan fingerprint density at radius 2 is 1.96 bits per heavy atom. The maximum absolute atomic E-state index is 12.6. The van der Waals surface area contributed by atoms with Gasteiger partial charge in [-0.05, 0) is 53.5 Å². The van der Waals surface area contributed by atoms with Crippen LogP contribution in [0.15, 0.2) is 11.2 Å².